The number of aliphatic imine (C=N–C) groups is 1. The van der Waals surface area contributed by atoms with Crippen LogP contribution < -0.4 is 11.1 Å². The lowest BCUT2D eigenvalue weighted by molar-refractivity contribution is 0.183. The SMILES string of the molecule is NC1=NC(=O)NC12CCOC2. The molecule has 0 aromatic heterocycles. The topological polar surface area (TPSA) is 76.7 Å². The Morgan fingerprint density at radius 3 is 3.00 bits per heavy atom. The summed E-state index contributed by atoms with van der Waals surface area (Å²) in [4.78, 5) is 14.4. The number of nitrogens with two attached hydrogens (primary N) is 1. The Morgan fingerprint density at radius 1 is 1.73 bits per heavy atom. The van der Waals surface area contributed by atoms with Crippen molar-refractivity contribution in [2.24, 2.45) is 10.7 Å². The molecule has 2 heterocycles. The zero-order valence-corrected chi connectivity index (χ0v) is 5.96. The number of hydrogen-bond acceptors (Lipinski definition) is 3. The number of carbonyl (C=O) groups is 1. The highest BCUT2D eigenvalue weighted by molar-refractivity contribution is 6.06. The minimum absolute atomic E-state index is 0.354. The molecule has 1 unspecified atom stereocenters. The normalized spacial score (nSPS) is 36.0. The summed E-state index contributed by atoms with van der Waals surface area (Å²) in [7, 11) is 0. The minimum atomic E-state index is -0.475. The maximum Gasteiger partial charge on any atom is 0.343 e. The number of nitrogens with one attached hydrogen (secondary N) is 1. The van der Waals surface area contributed by atoms with E-state index in [1.54, 1.807) is 0 Å². The van der Waals surface area contributed by atoms with Gasteiger partial charge in [-0.15, -0.1) is 0 Å². The van der Waals surface area contributed by atoms with E-state index in [0.717, 1.165) is 6.42 Å². The Morgan fingerprint density at radius 2 is 2.55 bits per heavy atom. The maximum absolute atomic E-state index is 10.8. The van der Waals surface area contributed by atoms with Crippen LogP contribution in [0, 0.1) is 0 Å². The van der Waals surface area contributed by atoms with Crippen LogP contribution in [0.1, 0.15) is 6.42 Å². The van der Waals surface area contributed by atoms with Crippen molar-refractivity contribution in [3.63, 3.8) is 0 Å². The van der Waals surface area contributed by atoms with Crippen molar-refractivity contribution in [1.82, 2.24) is 5.32 Å². The highest BCUT2D eigenvalue weighted by Crippen LogP contribution is 2.22. The van der Waals surface area contributed by atoms with Crippen molar-refractivity contribution in [3.05, 3.63) is 0 Å². The molecule has 0 saturated carbocycles. The number of amidine groups is 1. The molecule has 1 saturated heterocycles. The summed E-state index contributed by atoms with van der Waals surface area (Å²) in [5.41, 5.74) is 5.08. The molecule has 2 aliphatic rings. The van der Waals surface area contributed by atoms with Crippen LogP contribution in [0.15, 0.2) is 4.99 Å². The summed E-state index contributed by atoms with van der Waals surface area (Å²) >= 11 is 0. The molecule has 2 amide bonds. The second-order valence-corrected chi connectivity index (χ2v) is 2.81. The number of rotatable bonds is 0. The molecule has 1 spiro atoms. The standard InChI is InChI=1S/C6H9N3O2/c7-4-6(1-2-11-3-6)9-5(10)8-4/h1-3H2,(H3,7,8,9,10). The number of carbonyl (C=O) groups excluding carboxylic acids is 1. The van der Waals surface area contributed by atoms with E-state index < -0.39 is 5.54 Å². The van der Waals surface area contributed by atoms with E-state index in [-0.39, 0.29) is 6.03 Å². The number of ether oxygens (including phenoxy) is 1. The summed E-state index contributed by atoms with van der Waals surface area (Å²) in [5.74, 6) is 0.361. The van der Waals surface area contributed by atoms with Gasteiger partial charge >= 0.3 is 6.03 Å². The lowest BCUT2D eigenvalue weighted by Crippen LogP contribution is -2.52. The first-order chi connectivity index (χ1) is 5.23. The van der Waals surface area contributed by atoms with Gasteiger partial charge in [0.1, 0.15) is 11.4 Å². The van der Waals surface area contributed by atoms with E-state index in [4.69, 9.17) is 10.5 Å². The van der Waals surface area contributed by atoms with E-state index in [1.807, 2.05) is 0 Å². The molecule has 1 fully saturated rings. The average molecular weight is 155 g/mol. The van der Waals surface area contributed by atoms with E-state index in [1.165, 1.54) is 0 Å². The lowest BCUT2D eigenvalue weighted by atomic mass is 9.99. The third-order valence-electron chi connectivity index (χ3n) is 2.08. The van der Waals surface area contributed by atoms with Crippen LogP contribution in [-0.2, 0) is 4.74 Å². The van der Waals surface area contributed by atoms with Gasteiger partial charge in [-0.3, -0.25) is 0 Å². The first-order valence-electron chi connectivity index (χ1n) is 3.47. The maximum atomic E-state index is 10.8. The number of urea groups is 1. The zero-order chi connectivity index (χ0) is 7.90. The molecular formula is C6H9N3O2. The first kappa shape index (κ1) is 6.60. The third-order valence-corrected chi connectivity index (χ3v) is 2.08. The molecule has 0 bridgehead atoms. The van der Waals surface area contributed by atoms with Crippen molar-refractivity contribution < 1.29 is 9.53 Å². The van der Waals surface area contributed by atoms with Crippen molar-refractivity contribution in [3.8, 4) is 0 Å². The van der Waals surface area contributed by atoms with Crippen molar-refractivity contribution in [2.45, 2.75) is 12.0 Å². The van der Waals surface area contributed by atoms with Crippen LogP contribution in [-0.4, -0.2) is 30.6 Å². The number of nitrogens with zero attached hydrogens (tertiary/aromatic N) is 1. The van der Waals surface area contributed by atoms with Gasteiger partial charge in [-0.1, -0.05) is 0 Å². The van der Waals surface area contributed by atoms with E-state index in [0.29, 0.717) is 19.0 Å². The third kappa shape index (κ3) is 0.808. The summed E-state index contributed by atoms with van der Waals surface area (Å²) in [6.07, 6.45) is 0.730. The van der Waals surface area contributed by atoms with Crippen LogP contribution in [0.4, 0.5) is 4.79 Å². The molecule has 11 heavy (non-hydrogen) atoms. The quantitative estimate of drug-likeness (QED) is 0.482. The van der Waals surface area contributed by atoms with Gasteiger partial charge in [-0.2, -0.15) is 4.99 Å². The smallest absolute Gasteiger partial charge is 0.343 e. The Kier molecular flexibility index (Phi) is 1.17. The molecule has 0 aliphatic carbocycles. The number of hydrogen-bond donors (Lipinski definition) is 2. The zero-order valence-electron chi connectivity index (χ0n) is 5.96. The molecule has 0 aromatic rings. The van der Waals surface area contributed by atoms with E-state index in [9.17, 15) is 4.79 Å². The van der Waals surface area contributed by atoms with Crippen molar-refractivity contribution in [1.29, 1.82) is 0 Å². The minimum Gasteiger partial charge on any atom is -0.385 e. The molecule has 5 nitrogen and oxygen atoms in total. The van der Waals surface area contributed by atoms with Crippen molar-refractivity contribution in [2.75, 3.05) is 13.2 Å². The van der Waals surface area contributed by atoms with E-state index in [2.05, 4.69) is 10.3 Å². The molecule has 1 atom stereocenters. The van der Waals surface area contributed by atoms with Gasteiger partial charge in [0.15, 0.2) is 0 Å². The molecule has 2 rings (SSSR count). The van der Waals surface area contributed by atoms with Gasteiger partial charge < -0.3 is 15.8 Å². The fourth-order valence-corrected chi connectivity index (χ4v) is 1.38. The van der Waals surface area contributed by atoms with Crippen LogP contribution >= 0.6 is 0 Å². The van der Waals surface area contributed by atoms with E-state index >= 15 is 0 Å². The van der Waals surface area contributed by atoms with Crippen LogP contribution in [0.25, 0.3) is 0 Å². The predicted molar refractivity (Wildman–Crippen MR) is 38.3 cm³/mol. The average Bonchev–Trinajstić information content (AvgIpc) is 2.45. The van der Waals surface area contributed by atoms with Crippen LogP contribution in [0.2, 0.25) is 0 Å². The van der Waals surface area contributed by atoms with Gasteiger partial charge in [-0.25, -0.2) is 4.79 Å². The predicted octanol–water partition coefficient (Wildman–Crippen LogP) is -0.774. The van der Waals surface area contributed by atoms with Crippen molar-refractivity contribution >= 4 is 11.9 Å². The Hall–Kier alpha value is -1.10. The second kappa shape index (κ2) is 1.94. The molecule has 60 valence electrons. The highest BCUT2D eigenvalue weighted by atomic mass is 16.5. The Bertz CT molecular complexity index is 230. The first-order valence-corrected chi connectivity index (χ1v) is 3.47. The lowest BCUT2D eigenvalue weighted by Gasteiger charge is -2.19. The molecule has 5 heteroatoms. The van der Waals surface area contributed by atoms with Gasteiger partial charge in [-0.05, 0) is 0 Å². The monoisotopic (exact) mass is 155 g/mol. The molecule has 2 aliphatic heterocycles. The molecule has 3 N–H and O–H groups in total. The summed E-state index contributed by atoms with van der Waals surface area (Å²) in [6, 6.07) is -0.354. The Balaban J connectivity index is 2.28. The Labute approximate surface area is 63.6 Å². The van der Waals surface area contributed by atoms with Gasteiger partial charge in [0.2, 0.25) is 0 Å². The highest BCUT2D eigenvalue weighted by Gasteiger charge is 2.44. The van der Waals surface area contributed by atoms with Crippen LogP contribution in [0.3, 0.4) is 0 Å². The summed E-state index contributed by atoms with van der Waals surface area (Å²) in [6.45, 7) is 1.09. The fourth-order valence-electron chi connectivity index (χ4n) is 1.38. The summed E-state index contributed by atoms with van der Waals surface area (Å²) in [5, 5.41) is 2.69. The number of amides is 2. The summed E-state index contributed by atoms with van der Waals surface area (Å²) < 4.78 is 5.13. The van der Waals surface area contributed by atoms with Gasteiger partial charge in [0.25, 0.3) is 0 Å². The molecule has 0 aromatic carbocycles. The second-order valence-electron chi connectivity index (χ2n) is 2.81. The van der Waals surface area contributed by atoms with Gasteiger partial charge in [0.05, 0.1) is 6.61 Å². The molecular weight excluding hydrogens is 146 g/mol. The largest absolute Gasteiger partial charge is 0.385 e. The van der Waals surface area contributed by atoms with Crippen LogP contribution in [0.5, 0.6) is 0 Å². The van der Waals surface area contributed by atoms with Gasteiger partial charge in [0, 0.05) is 13.0 Å². The molecule has 0 radical (unpaired) electrons. The fraction of sp³-hybridized carbons (Fsp3) is 0.667.